The van der Waals surface area contributed by atoms with Crippen molar-refractivity contribution in [3.63, 3.8) is 0 Å². The van der Waals surface area contributed by atoms with Crippen LogP contribution in [-0.4, -0.2) is 78.1 Å². The first kappa shape index (κ1) is 28.3. The molecule has 3 aromatic rings. The highest BCUT2D eigenvalue weighted by molar-refractivity contribution is 5.93. The molecule has 216 valence electrons. The molecule has 0 radical (unpaired) electrons. The van der Waals surface area contributed by atoms with Crippen LogP contribution < -0.4 is 10.2 Å². The van der Waals surface area contributed by atoms with Crippen LogP contribution >= 0.6 is 0 Å². The molecule has 11 heteroatoms. The molecule has 1 aromatic carbocycles. The van der Waals surface area contributed by atoms with Crippen molar-refractivity contribution < 1.29 is 28.3 Å². The molecule has 0 spiro atoms. The summed E-state index contributed by atoms with van der Waals surface area (Å²) in [7, 11) is 0. The number of anilines is 2. The van der Waals surface area contributed by atoms with Gasteiger partial charge in [-0.15, -0.1) is 0 Å². The number of aromatic nitrogens is 2. The summed E-state index contributed by atoms with van der Waals surface area (Å²) in [5.41, 5.74) is 1.35. The quantitative estimate of drug-likeness (QED) is 0.428. The van der Waals surface area contributed by atoms with Crippen molar-refractivity contribution in [2.45, 2.75) is 39.2 Å². The molecule has 2 aromatic heterocycles. The van der Waals surface area contributed by atoms with Crippen LogP contribution in [0.3, 0.4) is 0 Å². The van der Waals surface area contributed by atoms with E-state index in [1.165, 1.54) is 0 Å². The maximum Gasteiger partial charge on any atom is 0.410 e. The average molecular weight is 562 g/mol. The second kappa shape index (κ2) is 12.1. The highest BCUT2D eigenvalue weighted by Crippen LogP contribution is 2.29. The minimum atomic E-state index is -0.557. The van der Waals surface area contributed by atoms with E-state index in [1.54, 1.807) is 17.0 Å². The minimum absolute atomic E-state index is 0.0911. The third-order valence-electron chi connectivity index (χ3n) is 6.95. The van der Waals surface area contributed by atoms with Crippen molar-refractivity contribution >= 4 is 29.8 Å². The molecule has 0 saturated carbocycles. The molecule has 0 atom stereocenters. The van der Waals surface area contributed by atoms with Gasteiger partial charge in [0.2, 0.25) is 5.91 Å². The summed E-state index contributed by atoms with van der Waals surface area (Å²) >= 11 is 0. The molecule has 41 heavy (non-hydrogen) atoms. The Kier molecular flexibility index (Phi) is 8.34. The number of nitrogens with zero attached hydrogens (tertiary/aromatic N) is 4. The molecule has 1 N–H and O–H groups in total. The zero-order valence-electron chi connectivity index (χ0n) is 23.6. The number of morpholine rings is 1. The van der Waals surface area contributed by atoms with Crippen molar-refractivity contribution in [1.82, 2.24) is 14.9 Å². The van der Waals surface area contributed by atoms with E-state index in [1.807, 2.05) is 51.1 Å². The van der Waals surface area contributed by atoms with E-state index >= 15 is 0 Å². The van der Waals surface area contributed by atoms with E-state index in [0.717, 1.165) is 11.4 Å². The standard InChI is InChI=1S/C30H35N5O6/c1-30(2,3)41-29(38)35-11-9-20(10-12-35)28(37)31-22-6-4-5-21(17-22)27-32-24(25-8-7-23(19-36)40-25)18-26(33-27)34-13-15-39-16-14-34/h4-8,17-20H,9-16H2,1-3H3,(H,31,37). The number of furan rings is 1. The Hall–Kier alpha value is -4.25. The smallest absolute Gasteiger partial charge is 0.410 e. The summed E-state index contributed by atoms with van der Waals surface area (Å²) in [6.07, 6.45) is 1.43. The fourth-order valence-electron chi connectivity index (χ4n) is 4.83. The molecule has 5 rings (SSSR count). The van der Waals surface area contributed by atoms with Crippen LogP contribution in [0.15, 0.2) is 46.9 Å². The number of rotatable bonds is 6. The number of carbonyl (C=O) groups excluding carboxylic acids is 3. The lowest BCUT2D eigenvalue weighted by atomic mass is 9.96. The first-order chi connectivity index (χ1) is 19.7. The van der Waals surface area contributed by atoms with Crippen LogP contribution in [0.4, 0.5) is 16.3 Å². The van der Waals surface area contributed by atoms with Crippen LogP contribution in [0.2, 0.25) is 0 Å². The Morgan fingerprint density at radius 1 is 1.02 bits per heavy atom. The number of benzene rings is 1. The Morgan fingerprint density at radius 2 is 1.78 bits per heavy atom. The van der Waals surface area contributed by atoms with Gasteiger partial charge in [0.05, 0.1) is 13.2 Å². The maximum atomic E-state index is 13.1. The number of piperidine rings is 1. The molecule has 2 aliphatic heterocycles. The second-order valence-electron chi connectivity index (χ2n) is 11.2. The number of aldehydes is 1. The minimum Gasteiger partial charge on any atom is -0.452 e. The Balaban J connectivity index is 1.32. The Labute approximate surface area is 238 Å². The first-order valence-corrected chi connectivity index (χ1v) is 13.8. The van der Waals surface area contributed by atoms with Crippen LogP contribution in [0.1, 0.15) is 44.2 Å². The van der Waals surface area contributed by atoms with Crippen LogP contribution in [0.25, 0.3) is 22.8 Å². The van der Waals surface area contributed by atoms with Gasteiger partial charge in [0.25, 0.3) is 0 Å². The normalized spacial score (nSPS) is 16.4. The van der Waals surface area contributed by atoms with Crippen molar-refractivity contribution in [3.05, 3.63) is 48.2 Å². The van der Waals surface area contributed by atoms with Gasteiger partial charge >= 0.3 is 6.09 Å². The molecular formula is C30H35N5O6. The third kappa shape index (κ3) is 7.10. The molecule has 11 nitrogen and oxygen atoms in total. The average Bonchev–Trinajstić information content (AvgIpc) is 3.46. The largest absolute Gasteiger partial charge is 0.452 e. The zero-order chi connectivity index (χ0) is 29.0. The van der Waals surface area contributed by atoms with Crippen molar-refractivity contribution in [1.29, 1.82) is 0 Å². The van der Waals surface area contributed by atoms with Crippen molar-refractivity contribution in [2.75, 3.05) is 49.6 Å². The molecule has 2 saturated heterocycles. The summed E-state index contributed by atoms with van der Waals surface area (Å²) in [6.45, 7) is 9.03. The first-order valence-electron chi connectivity index (χ1n) is 13.8. The maximum absolute atomic E-state index is 13.1. The van der Waals surface area contributed by atoms with Gasteiger partial charge in [-0.1, -0.05) is 12.1 Å². The fraction of sp³-hybridized carbons (Fsp3) is 0.433. The molecule has 2 aliphatic rings. The van der Waals surface area contributed by atoms with Gasteiger partial charge in [0, 0.05) is 49.4 Å². The highest BCUT2D eigenvalue weighted by Gasteiger charge is 2.30. The van der Waals surface area contributed by atoms with Crippen molar-refractivity contribution in [3.8, 4) is 22.8 Å². The number of nitrogens with one attached hydrogen (secondary N) is 1. The van der Waals surface area contributed by atoms with Gasteiger partial charge in [-0.25, -0.2) is 14.8 Å². The number of carbonyl (C=O) groups is 3. The lowest BCUT2D eigenvalue weighted by molar-refractivity contribution is -0.121. The SMILES string of the molecule is CC(C)(C)OC(=O)N1CCC(C(=O)Nc2cccc(-c3nc(-c4ccc(C=O)o4)cc(N4CCOCC4)n3)c2)CC1. The highest BCUT2D eigenvalue weighted by atomic mass is 16.6. The van der Waals surface area contributed by atoms with Gasteiger partial charge in [-0.2, -0.15) is 0 Å². The lowest BCUT2D eigenvalue weighted by Gasteiger charge is -2.32. The predicted octanol–water partition coefficient (Wildman–Crippen LogP) is 4.64. The van der Waals surface area contributed by atoms with Gasteiger partial charge in [0.1, 0.15) is 17.1 Å². The molecule has 4 heterocycles. The number of ether oxygens (including phenoxy) is 2. The van der Waals surface area contributed by atoms with E-state index in [-0.39, 0.29) is 23.7 Å². The van der Waals surface area contributed by atoms with E-state index in [4.69, 9.17) is 23.9 Å². The summed E-state index contributed by atoms with van der Waals surface area (Å²) in [4.78, 5) is 50.0. The molecule has 0 aliphatic carbocycles. The molecule has 2 fully saturated rings. The third-order valence-corrected chi connectivity index (χ3v) is 6.95. The predicted molar refractivity (Wildman–Crippen MR) is 153 cm³/mol. The van der Waals surface area contributed by atoms with E-state index in [9.17, 15) is 14.4 Å². The van der Waals surface area contributed by atoms with E-state index in [0.29, 0.717) is 81.5 Å². The summed E-state index contributed by atoms with van der Waals surface area (Å²) < 4.78 is 16.6. The monoisotopic (exact) mass is 561 g/mol. The van der Waals surface area contributed by atoms with Crippen LogP contribution in [0, 0.1) is 5.92 Å². The van der Waals surface area contributed by atoms with Gasteiger partial charge in [-0.05, 0) is 57.9 Å². The van der Waals surface area contributed by atoms with Crippen molar-refractivity contribution in [2.24, 2.45) is 5.92 Å². The number of amides is 2. The lowest BCUT2D eigenvalue weighted by Crippen LogP contribution is -2.43. The van der Waals surface area contributed by atoms with Gasteiger partial charge in [-0.3, -0.25) is 9.59 Å². The zero-order valence-corrected chi connectivity index (χ0v) is 23.6. The molecule has 0 unspecified atom stereocenters. The van der Waals surface area contributed by atoms with E-state index < -0.39 is 5.60 Å². The molecule has 2 amide bonds. The molecule has 0 bridgehead atoms. The number of hydrogen-bond acceptors (Lipinski definition) is 9. The Morgan fingerprint density at radius 3 is 2.46 bits per heavy atom. The summed E-state index contributed by atoms with van der Waals surface area (Å²) in [5, 5.41) is 3.03. The van der Waals surface area contributed by atoms with E-state index in [2.05, 4.69) is 10.2 Å². The van der Waals surface area contributed by atoms with Crippen LogP contribution in [0.5, 0.6) is 0 Å². The van der Waals surface area contributed by atoms with Gasteiger partial charge in [0.15, 0.2) is 23.6 Å². The molecular weight excluding hydrogens is 526 g/mol. The summed E-state index contributed by atoms with van der Waals surface area (Å²) in [5.74, 6) is 1.57. The number of hydrogen-bond donors (Lipinski definition) is 1. The van der Waals surface area contributed by atoms with Crippen LogP contribution in [-0.2, 0) is 14.3 Å². The van der Waals surface area contributed by atoms with Gasteiger partial charge < -0.3 is 29.0 Å². The summed E-state index contributed by atoms with van der Waals surface area (Å²) in [6, 6.07) is 12.6. The fourth-order valence-corrected chi connectivity index (χ4v) is 4.83. The topological polar surface area (TPSA) is 127 Å². The second-order valence-corrected chi connectivity index (χ2v) is 11.2. The number of likely N-dealkylation sites (tertiary alicyclic amines) is 1. The Bertz CT molecular complexity index is 1400.